The number of amides is 1. The van der Waals surface area contributed by atoms with Gasteiger partial charge in [-0.3, -0.25) is 4.79 Å². The molecule has 4 nitrogen and oxygen atoms in total. The lowest BCUT2D eigenvalue weighted by Gasteiger charge is -2.20. The molecule has 0 aliphatic rings. The van der Waals surface area contributed by atoms with Gasteiger partial charge in [0.25, 0.3) is 0 Å². The number of benzene rings is 1. The van der Waals surface area contributed by atoms with Gasteiger partial charge >= 0.3 is 0 Å². The van der Waals surface area contributed by atoms with Gasteiger partial charge in [-0.2, -0.15) is 0 Å². The molecule has 130 valence electrons. The number of hydrogen-bond acceptors (Lipinski definition) is 4. The van der Waals surface area contributed by atoms with E-state index in [1.54, 1.807) is 11.3 Å². The largest absolute Gasteiger partial charge is 0.346 e. The molecule has 3 atom stereocenters. The van der Waals surface area contributed by atoms with Crippen LogP contribution < -0.4 is 11.1 Å². The quantitative estimate of drug-likeness (QED) is 0.800. The Balaban J connectivity index is 2.14. The minimum atomic E-state index is -0.491. The third-order valence-corrected chi connectivity index (χ3v) is 5.63. The van der Waals surface area contributed by atoms with Gasteiger partial charge in [-0.15, -0.1) is 11.3 Å². The number of nitrogens with one attached hydrogen (secondary N) is 1. The summed E-state index contributed by atoms with van der Waals surface area (Å²) in [6, 6.07) is 6.95. The van der Waals surface area contributed by atoms with Gasteiger partial charge in [-0.1, -0.05) is 44.0 Å². The Kier molecular flexibility index (Phi) is 6.38. The third-order valence-electron chi connectivity index (χ3n) is 4.22. The molecule has 1 heterocycles. The van der Waals surface area contributed by atoms with Crippen molar-refractivity contribution in [3.63, 3.8) is 0 Å². The summed E-state index contributed by atoms with van der Waals surface area (Å²) in [5, 5.41) is 4.55. The van der Waals surface area contributed by atoms with Gasteiger partial charge in [0.15, 0.2) is 0 Å². The number of halogens is 1. The van der Waals surface area contributed by atoms with E-state index in [1.807, 2.05) is 52.0 Å². The first kappa shape index (κ1) is 18.9. The zero-order valence-electron chi connectivity index (χ0n) is 14.5. The van der Waals surface area contributed by atoms with E-state index in [0.29, 0.717) is 5.02 Å². The average Bonchev–Trinajstić information content (AvgIpc) is 2.96. The Labute approximate surface area is 152 Å². The Morgan fingerprint density at radius 2 is 1.96 bits per heavy atom. The SMILES string of the molecule is CCC(C)C(N)C(=O)NC(C)c1nc(-c2ccc(Cl)cc2)c(C)s1. The maximum absolute atomic E-state index is 12.3. The lowest BCUT2D eigenvalue weighted by molar-refractivity contribution is -0.124. The molecule has 3 N–H and O–H groups in total. The van der Waals surface area contributed by atoms with E-state index in [0.717, 1.165) is 27.6 Å². The van der Waals surface area contributed by atoms with E-state index < -0.39 is 6.04 Å². The summed E-state index contributed by atoms with van der Waals surface area (Å²) >= 11 is 7.53. The zero-order valence-corrected chi connectivity index (χ0v) is 16.0. The van der Waals surface area contributed by atoms with Crippen LogP contribution in [0.3, 0.4) is 0 Å². The first-order chi connectivity index (χ1) is 11.3. The molecule has 1 aromatic carbocycles. The van der Waals surface area contributed by atoms with Crippen LogP contribution in [0.2, 0.25) is 5.02 Å². The molecule has 2 aromatic rings. The first-order valence-corrected chi connectivity index (χ1v) is 9.32. The van der Waals surface area contributed by atoms with Crippen LogP contribution in [-0.4, -0.2) is 16.9 Å². The molecule has 3 unspecified atom stereocenters. The van der Waals surface area contributed by atoms with Gasteiger partial charge in [0.1, 0.15) is 5.01 Å². The number of thiazole rings is 1. The van der Waals surface area contributed by atoms with E-state index in [2.05, 4.69) is 5.32 Å². The number of aromatic nitrogens is 1. The molecule has 0 bridgehead atoms. The zero-order chi connectivity index (χ0) is 17.9. The minimum absolute atomic E-state index is 0.127. The summed E-state index contributed by atoms with van der Waals surface area (Å²) in [5.74, 6) is 0.0256. The van der Waals surface area contributed by atoms with Crippen molar-refractivity contribution >= 4 is 28.8 Å². The third kappa shape index (κ3) is 4.35. The Morgan fingerprint density at radius 1 is 1.33 bits per heavy atom. The second kappa shape index (κ2) is 8.10. The van der Waals surface area contributed by atoms with Gasteiger partial charge in [-0.05, 0) is 31.9 Å². The molecule has 6 heteroatoms. The van der Waals surface area contributed by atoms with E-state index >= 15 is 0 Å². The van der Waals surface area contributed by atoms with Crippen LogP contribution in [-0.2, 0) is 4.79 Å². The van der Waals surface area contributed by atoms with Crippen LogP contribution in [0, 0.1) is 12.8 Å². The van der Waals surface area contributed by atoms with Crippen molar-refractivity contribution < 1.29 is 4.79 Å². The smallest absolute Gasteiger partial charge is 0.237 e. The molecule has 0 saturated carbocycles. The van der Waals surface area contributed by atoms with Crippen molar-refractivity contribution in [3.05, 3.63) is 39.2 Å². The molecule has 0 saturated heterocycles. The van der Waals surface area contributed by atoms with Gasteiger partial charge in [0.05, 0.1) is 17.8 Å². The maximum atomic E-state index is 12.3. The molecule has 1 amide bonds. The van der Waals surface area contributed by atoms with Gasteiger partial charge in [0, 0.05) is 15.5 Å². The van der Waals surface area contributed by atoms with Crippen molar-refractivity contribution in [1.29, 1.82) is 0 Å². The van der Waals surface area contributed by atoms with Crippen LogP contribution in [0.25, 0.3) is 11.3 Å². The Morgan fingerprint density at radius 3 is 2.54 bits per heavy atom. The fraction of sp³-hybridized carbons (Fsp3) is 0.444. The summed E-state index contributed by atoms with van der Waals surface area (Å²) in [4.78, 5) is 18.1. The lowest BCUT2D eigenvalue weighted by Crippen LogP contribution is -2.45. The number of nitrogens with two attached hydrogens (primary N) is 1. The number of hydrogen-bond donors (Lipinski definition) is 2. The fourth-order valence-corrected chi connectivity index (χ4v) is 3.43. The van der Waals surface area contributed by atoms with Crippen molar-refractivity contribution in [2.24, 2.45) is 11.7 Å². The number of aryl methyl sites for hydroxylation is 1. The molecule has 0 aliphatic carbocycles. The summed E-state index contributed by atoms with van der Waals surface area (Å²) < 4.78 is 0. The highest BCUT2D eigenvalue weighted by atomic mass is 35.5. The van der Waals surface area contributed by atoms with Gasteiger partial charge < -0.3 is 11.1 Å². The topological polar surface area (TPSA) is 68.0 Å². The van der Waals surface area contributed by atoms with Crippen molar-refractivity contribution in [2.45, 2.75) is 46.2 Å². The number of carbonyl (C=O) groups is 1. The summed E-state index contributed by atoms with van der Waals surface area (Å²) in [6.07, 6.45) is 0.875. The van der Waals surface area contributed by atoms with Crippen molar-refractivity contribution in [3.8, 4) is 11.3 Å². The molecule has 0 spiro atoms. The number of nitrogens with zero attached hydrogens (tertiary/aromatic N) is 1. The van der Waals surface area contributed by atoms with Crippen LogP contribution in [0.1, 0.15) is 43.1 Å². The molecule has 0 aliphatic heterocycles. The number of rotatable bonds is 6. The first-order valence-electron chi connectivity index (χ1n) is 8.12. The standard InChI is InChI=1S/C18H24ClN3OS/c1-5-10(2)15(20)17(23)21-11(3)18-22-16(12(4)24-18)13-6-8-14(19)9-7-13/h6-11,15H,5,20H2,1-4H3,(H,21,23). The van der Waals surface area contributed by atoms with Crippen LogP contribution in [0.5, 0.6) is 0 Å². The second-order valence-electron chi connectivity index (χ2n) is 6.11. The van der Waals surface area contributed by atoms with Crippen LogP contribution in [0.15, 0.2) is 24.3 Å². The molecule has 0 radical (unpaired) electrons. The van der Waals surface area contributed by atoms with E-state index in [-0.39, 0.29) is 17.9 Å². The molecule has 1 aromatic heterocycles. The van der Waals surface area contributed by atoms with E-state index in [1.165, 1.54) is 0 Å². The highest BCUT2D eigenvalue weighted by molar-refractivity contribution is 7.12. The minimum Gasteiger partial charge on any atom is -0.346 e. The molecule has 0 fully saturated rings. The Hall–Kier alpha value is -1.43. The Bertz CT molecular complexity index is 699. The highest BCUT2D eigenvalue weighted by Gasteiger charge is 2.23. The van der Waals surface area contributed by atoms with Crippen molar-refractivity contribution in [2.75, 3.05) is 0 Å². The van der Waals surface area contributed by atoms with Gasteiger partial charge in [-0.25, -0.2) is 4.98 Å². The summed E-state index contributed by atoms with van der Waals surface area (Å²) in [7, 11) is 0. The highest BCUT2D eigenvalue weighted by Crippen LogP contribution is 2.31. The second-order valence-corrected chi connectivity index (χ2v) is 7.78. The fourth-order valence-electron chi connectivity index (χ4n) is 2.36. The maximum Gasteiger partial charge on any atom is 0.237 e. The molecular formula is C18H24ClN3OS. The lowest BCUT2D eigenvalue weighted by atomic mass is 9.99. The predicted molar refractivity (Wildman–Crippen MR) is 101 cm³/mol. The monoisotopic (exact) mass is 365 g/mol. The van der Waals surface area contributed by atoms with Crippen LogP contribution in [0.4, 0.5) is 0 Å². The van der Waals surface area contributed by atoms with Crippen LogP contribution >= 0.6 is 22.9 Å². The van der Waals surface area contributed by atoms with E-state index in [4.69, 9.17) is 22.3 Å². The molecular weight excluding hydrogens is 342 g/mol. The molecule has 2 rings (SSSR count). The average molecular weight is 366 g/mol. The van der Waals surface area contributed by atoms with Gasteiger partial charge in [0.2, 0.25) is 5.91 Å². The molecule has 24 heavy (non-hydrogen) atoms. The normalized spacial score (nSPS) is 14.9. The van der Waals surface area contributed by atoms with E-state index in [9.17, 15) is 4.79 Å². The van der Waals surface area contributed by atoms with Crippen molar-refractivity contribution in [1.82, 2.24) is 10.3 Å². The summed E-state index contributed by atoms with van der Waals surface area (Å²) in [6.45, 7) is 7.99. The number of carbonyl (C=O) groups excluding carboxylic acids is 1. The predicted octanol–water partition coefficient (Wildman–Crippen LogP) is 4.32. The summed E-state index contributed by atoms with van der Waals surface area (Å²) in [5.41, 5.74) is 7.95.